The molecule has 0 aliphatic carbocycles. The molecule has 3 aromatic carbocycles. The fourth-order valence-electron chi connectivity index (χ4n) is 3.96. The topological polar surface area (TPSA) is 105 Å². The number of amides is 2. The molecule has 0 radical (unpaired) electrons. The molecule has 0 saturated carbocycles. The van der Waals surface area contributed by atoms with Crippen LogP contribution in [0.25, 0.3) is 0 Å². The van der Waals surface area contributed by atoms with Crippen LogP contribution in [0.3, 0.4) is 0 Å². The van der Waals surface area contributed by atoms with Gasteiger partial charge in [0.1, 0.15) is 24.1 Å². The number of rotatable bonds is 12. The van der Waals surface area contributed by atoms with E-state index >= 15 is 0 Å². The fraction of sp³-hybridized carbons (Fsp3) is 0.286. The summed E-state index contributed by atoms with van der Waals surface area (Å²) < 4.78 is 40.3. The lowest BCUT2D eigenvalue weighted by Gasteiger charge is -2.32. The van der Waals surface area contributed by atoms with E-state index in [0.717, 1.165) is 14.3 Å². The maximum absolute atomic E-state index is 13.9. The van der Waals surface area contributed by atoms with Crippen molar-refractivity contribution in [1.29, 1.82) is 0 Å². The highest BCUT2D eigenvalue weighted by Gasteiger charge is 2.33. The first-order valence-electron chi connectivity index (χ1n) is 12.2. The van der Waals surface area contributed by atoms with Crippen LogP contribution in [0.15, 0.2) is 82.2 Å². The first-order chi connectivity index (χ1) is 18.6. The number of ether oxygens (including phenoxy) is 2. The Morgan fingerprint density at radius 1 is 0.974 bits per heavy atom. The molecule has 0 bridgehead atoms. The molecule has 0 heterocycles. The van der Waals surface area contributed by atoms with Gasteiger partial charge in [-0.25, -0.2) is 8.42 Å². The van der Waals surface area contributed by atoms with E-state index in [1.165, 1.54) is 43.4 Å². The smallest absolute Gasteiger partial charge is 0.264 e. The number of nitrogens with zero attached hydrogens (tertiary/aromatic N) is 2. The van der Waals surface area contributed by atoms with Crippen LogP contribution >= 0.6 is 15.9 Å². The number of carbonyl (C=O) groups excluding carboxylic acids is 2. The van der Waals surface area contributed by atoms with Gasteiger partial charge in [0.05, 0.1) is 24.8 Å². The molecule has 0 saturated heterocycles. The zero-order valence-electron chi connectivity index (χ0n) is 22.3. The fourth-order valence-corrected chi connectivity index (χ4v) is 5.83. The van der Waals surface area contributed by atoms with Crippen LogP contribution in [0.1, 0.15) is 19.4 Å². The van der Waals surface area contributed by atoms with E-state index in [1.54, 1.807) is 38.1 Å². The predicted octanol–water partition coefficient (Wildman–Crippen LogP) is 4.22. The predicted molar refractivity (Wildman–Crippen MR) is 153 cm³/mol. The lowest BCUT2D eigenvalue weighted by molar-refractivity contribution is -0.139. The van der Waals surface area contributed by atoms with Gasteiger partial charge in [-0.15, -0.1) is 0 Å². The third kappa shape index (κ3) is 7.30. The number of hydrogen-bond donors (Lipinski definition) is 1. The van der Waals surface area contributed by atoms with Gasteiger partial charge in [-0.1, -0.05) is 40.2 Å². The summed E-state index contributed by atoms with van der Waals surface area (Å²) in [5, 5.41) is 2.74. The molecule has 1 N–H and O–H groups in total. The summed E-state index contributed by atoms with van der Waals surface area (Å²) in [6.07, 6.45) is 0. The highest BCUT2D eigenvalue weighted by atomic mass is 79.9. The third-order valence-electron chi connectivity index (χ3n) is 6.04. The van der Waals surface area contributed by atoms with Gasteiger partial charge >= 0.3 is 0 Å². The van der Waals surface area contributed by atoms with Crippen molar-refractivity contribution < 1.29 is 27.5 Å². The van der Waals surface area contributed by atoms with Crippen LogP contribution in [0, 0.1) is 0 Å². The molecule has 11 heteroatoms. The molecule has 208 valence electrons. The molecule has 0 aliphatic rings. The molecule has 0 unspecified atom stereocenters. The number of nitrogens with one attached hydrogen (secondary N) is 1. The van der Waals surface area contributed by atoms with Gasteiger partial charge in [-0.3, -0.25) is 13.9 Å². The number of hydrogen-bond acceptors (Lipinski definition) is 6. The number of likely N-dealkylation sites (N-methyl/N-ethyl adjacent to an activating group) is 1. The summed E-state index contributed by atoms with van der Waals surface area (Å²) in [6, 6.07) is 19.0. The summed E-state index contributed by atoms with van der Waals surface area (Å²) in [7, 11) is -1.32. The summed E-state index contributed by atoms with van der Waals surface area (Å²) >= 11 is 3.44. The molecule has 0 spiro atoms. The van der Waals surface area contributed by atoms with Crippen molar-refractivity contribution in [2.24, 2.45) is 0 Å². The Balaban J connectivity index is 2.07. The van der Waals surface area contributed by atoms with Crippen LogP contribution in [-0.2, 0) is 26.2 Å². The first-order valence-corrected chi connectivity index (χ1v) is 14.5. The number of halogens is 1. The minimum atomic E-state index is -4.23. The van der Waals surface area contributed by atoms with Crippen LogP contribution in [0.4, 0.5) is 5.69 Å². The van der Waals surface area contributed by atoms with Crippen molar-refractivity contribution in [3.05, 3.63) is 82.8 Å². The van der Waals surface area contributed by atoms with Crippen LogP contribution in [0.2, 0.25) is 0 Å². The average molecular weight is 619 g/mol. The van der Waals surface area contributed by atoms with Crippen molar-refractivity contribution in [3.63, 3.8) is 0 Å². The van der Waals surface area contributed by atoms with Crippen LogP contribution in [0.5, 0.6) is 11.5 Å². The number of sulfonamides is 1. The maximum Gasteiger partial charge on any atom is 0.264 e. The van der Waals surface area contributed by atoms with E-state index in [-0.39, 0.29) is 28.8 Å². The molecule has 9 nitrogen and oxygen atoms in total. The second kappa shape index (κ2) is 13.5. The van der Waals surface area contributed by atoms with Gasteiger partial charge in [-0.2, -0.15) is 0 Å². The Morgan fingerprint density at radius 2 is 1.67 bits per heavy atom. The number of para-hydroxylation sites is 2. The minimum absolute atomic E-state index is 0.0303. The first kappa shape index (κ1) is 30.0. The molecule has 3 aromatic rings. The number of anilines is 1. The Kier molecular flexibility index (Phi) is 10.4. The van der Waals surface area contributed by atoms with Gasteiger partial charge < -0.3 is 19.7 Å². The molecular formula is C28H32BrN3O6S. The Labute approximate surface area is 237 Å². The number of methoxy groups -OCH3 is 2. The molecule has 0 fully saturated rings. The lowest BCUT2D eigenvalue weighted by atomic mass is 10.1. The molecule has 3 rings (SSSR count). The van der Waals surface area contributed by atoms with E-state index < -0.39 is 28.5 Å². The summed E-state index contributed by atoms with van der Waals surface area (Å²) in [4.78, 5) is 28.1. The van der Waals surface area contributed by atoms with Crippen molar-refractivity contribution in [2.45, 2.75) is 31.3 Å². The summed E-state index contributed by atoms with van der Waals surface area (Å²) in [5.41, 5.74) is 0.966. The number of carbonyl (C=O) groups is 2. The van der Waals surface area contributed by atoms with Crippen molar-refractivity contribution in [1.82, 2.24) is 10.2 Å². The summed E-state index contributed by atoms with van der Waals surface area (Å²) in [6.45, 7) is 3.33. The maximum atomic E-state index is 13.9. The quantitative estimate of drug-likeness (QED) is 0.326. The van der Waals surface area contributed by atoms with Crippen LogP contribution in [-0.4, -0.2) is 58.5 Å². The molecule has 2 amide bonds. The van der Waals surface area contributed by atoms with Gasteiger partial charge in [-0.05, 0) is 67.9 Å². The Bertz CT molecular complexity index is 1400. The van der Waals surface area contributed by atoms with Crippen molar-refractivity contribution in [2.75, 3.05) is 31.6 Å². The van der Waals surface area contributed by atoms with E-state index in [9.17, 15) is 18.0 Å². The second-order valence-electron chi connectivity index (χ2n) is 8.58. The normalized spacial score (nSPS) is 11.8. The number of benzene rings is 3. The van der Waals surface area contributed by atoms with Gasteiger partial charge in [0, 0.05) is 17.6 Å². The van der Waals surface area contributed by atoms with Gasteiger partial charge in [0.2, 0.25) is 11.8 Å². The average Bonchev–Trinajstić information content (AvgIpc) is 2.94. The highest BCUT2D eigenvalue weighted by Crippen LogP contribution is 2.33. The Morgan fingerprint density at radius 3 is 2.28 bits per heavy atom. The van der Waals surface area contributed by atoms with E-state index in [2.05, 4.69) is 21.2 Å². The van der Waals surface area contributed by atoms with Crippen molar-refractivity contribution >= 4 is 43.5 Å². The highest BCUT2D eigenvalue weighted by molar-refractivity contribution is 9.10. The third-order valence-corrected chi connectivity index (χ3v) is 8.31. The van der Waals surface area contributed by atoms with Crippen molar-refractivity contribution in [3.8, 4) is 11.5 Å². The van der Waals surface area contributed by atoms with Crippen LogP contribution < -0.4 is 19.1 Å². The lowest BCUT2D eigenvalue weighted by Crippen LogP contribution is -2.51. The van der Waals surface area contributed by atoms with Gasteiger partial charge in [0.15, 0.2) is 0 Å². The minimum Gasteiger partial charge on any atom is -0.497 e. The van der Waals surface area contributed by atoms with E-state index in [1.807, 2.05) is 24.3 Å². The zero-order valence-corrected chi connectivity index (χ0v) is 24.7. The molecule has 0 aromatic heterocycles. The largest absolute Gasteiger partial charge is 0.497 e. The molecule has 1 atom stereocenters. The summed E-state index contributed by atoms with van der Waals surface area (Å²) in [5.74, 6) is -0.137. The monoisotopic (exact) mass is 617 g/mol. The van der Waals surface area contributed by atoms with Gasteiger partial charge in [0.25, 0.3) is 10.0 Å². The standard InChI is InChI=1S/C28H32BrN3O6S/c1-5-30-28(34)20(2)31(18-21-9-8-10-22(29)17-21)27(33)19-32(25-11-6-7-12-26(25)38-4)39(35,36)24-15-13-23(37-3)14-16-24/h6-17,20H,5,18-19H2,1-4H3,(H,30,34)/t20-/m0/s1. The zero-order chi connectivity index (χ0) is 28.6. The SMILES string of the molecule is CCNC(=O)[C@H](C)N(Cc1cccc(Br)c1)C(=O)CN(c1ccccc1OC)S(=O)(=O)c1ccc(OC)cc1. The Hall–Kier alpha value is -3.57. The molecular weight excluding hydrogens is 586 g/mol. The van der Waals surface area contributed by atoms with E-state index in [0.29, 0.717) is 12.3 Å². The van der Waals surface area contributed by atoms with E-state index in [4.69, 9.17) is 9.47 Å². The molecule has 0 aliphatic heterocycles. The second-order valence-corrected chi connectivity index (χ2v) is 11.4. The molecule has 39 heavy (non-hydrogen) atoms.